The number of fused-ring (bicyclic) bond motifs is 1. The predicted molar refractivity (Wildman–Crippen MR) is 120 cm³/mol. The number of halogens is 3. The van der Waals surface area contributed by atoms with Gasteiger partial charge in [0.1, 0.15) is 12.1 Å². The van der Waals surface area contributed by atoms with Crippen LogP contribution in [0.5, 0.6) is 0 Å². The molecule has 3 heterocycles. The van der Waals surface area contributed by atoms with E-state index in [9.17, 15) is 23.1 Å². The van der Waals surface area contributed by atoms with Gasteiger partial charge in [-0.15, -0.1) is 0 Å². The molecule has 1 fully saturated rings. The van der Waals surface area contributed by atoms with E-state index in [0.717, 1.165) is 29.0 Å². The molecular weight excluding hydrogens is 449 g/mol. The highest BCUT2D eigenvalue weighted by atomic mass is 19.4. The second-order valence-electron chi connectivity index (χ2n) is 8.72. The molecular formula is C23H27F3N6O2. The molecule has 1 unspecified atom stereocenters. The molecule has 1 atom stereocenters. The number of aryl methyl sites for hydroxylation is 2. The smallest absolute Gasteiger partial charge is 0.386 e. The number of alkyl halides is 3. The third-order valence-corrected chi connectivity index (χ3v) is 5.98. The van der Waals surface area contributed by atoms with Gasteiger partial charge in [-0.3, -0.25) is 4.79 Å². The van der Waals surface area contributed by atoms with Crippen molar-refractivity contribution in [2.75, 3.05) is 24.5 Å². The first-order valence-electron chi connectivity index (χ1n) is 11.2. The minimum atomic E-state index is -4.58. The average molecular weight is 477 g/mol. The number of nitrogens with zero attached hydrogens (tertiary/aromatic N) is 5. The maximum Gasteiger partial charge on any atom is 0.449 e. The quantitative estimate of drug-likeness (QED) is 0.544. The summed E-state index contributed by atoms with van der Waals surface area (Å²) in [5, 5.41) is 13.7. The van der Waals surface area contributed by atoms with Gasteiger partial charge in [-0.25, -0.2) is 15.0 Å². The summed E-state index contributed by atoms with van der Waals surface area (Å²) in [5.41, 5.74) is 0.359. The summed E-state index contributed by atoms with van der Waals surface area (Å²) in [5.74, 6) is -0.558. The highest BCUT2D eigenvalue weighted by Crippen LogP contribution is 2.31. The van der Waals surface area contributed by atoms with Crippen LogP contribution in [0.2, 0.25) is 0 Å². The highest BCUT2D eigenvalue weighted by molar-refractivity contribution is 5.77. The maximum atomic E-state index is 13.4. The number of β-amino-alcohol motifs (C(OH)–C–C–N with tert-alkyl or cyclic N) is 1. The summed E-state index contributed by atoms with van der Waals surface area (Å²) in [7, 11) is 0. The Kier molecular flexibility index (Phi) is 6.74. The average Bonchev–Trinajstić information content (AvgIpc) is 3.17. The Balaban J connectivity index is 1.32. The van der Waals surface area contributed by atoms with E-state index < -0.39 is 17.6 Å². The molecule has 4 rings (SSSR count). The SMILES string of the molecule is Cc1cc(N2CCCC(O)(CNC(=O)CCCn3c(C(F)(F)F)nc4ccccc43)C2)ncn1. The fourth-order valence-corrected chi connectivity index (χ4v) is 4.33. The summed E-state index contributed by atoms with van der Waals surface area (Å²) < 4.78 is 41.4. The Bertz CT molecular complexity index is 1170. The van der Waals surface area contributed by atoms with E-state index in [4.69, 9.17) is 0 Å². The van der Waals surface area contributed by atoms with Gasteiger partial charge in [0.15, 0.2) is 0 Å². The predicted octanol–water partition coefficient (Wildman–Crippen LogP) is 3.08. The van der Waals surface area contributed by atoms with Crippen molar-refractivity contribution in [2.24, 2.45) is 0 Å². The molecule has 11 heteroatoms. The van der Waals surface area contributed by atoms with Gasteiger partial charge in [0.05, 0.1) is 16.6 Å². The molecule has 0 aliphatic carbocycles. The number of nitrogens with one attached hydrogen (secondary N) is 1. The minimum Gasteiger partial charge on any atom is -0.386 e. The molecule has 1 aromatic carbocycles. The Morgan fingerprint density at radius 2 is 2.06 bits per heavy atom. The fraction of sp³-hybridized carbons (Fsp3) is 0.478. The number of imidazole rings is 1. The van der Waals surface area contributed by atoms with E-state index in [2.05, 4.69) is 20.3 Å². The van der Waals surface area contributed by atoms with Crippen molar-refractivity contribution in [3.05, 3.63) is 48.2 Å². The largest absolute Gasteiger partial charge is 0.449 e. The van der Waals surface area contributed by atoms with Crippen LogP contribution in [0.25, 0.3) is 11.0 Å². The number of hydrogen-bond donors (Lipinski definition) is 2. The van der Waals surface area contributed by atoms with Crippen molar-refractivity contribution >= 4 is 22.8 Å². The molecule has 0 spiro atoms. The summed E-state index contributed by atoms with van der Waals surface area (Å²) in [6.45, 7) is 3.00. The molecule has 2 N–H and O–H groups in total. The third kappa shape index (κ3) is 5.46. The second-order valence-corrected chi connectivity index (χ2v) is 8.72. The molecule has 1 aliphatic rings. The first-order chi connectivity index (χ1) is 16.1. The number of hydrogen-bond acceptors (Lipinski definition) is 6. The van der Waals surface area contributed by atoms with Crippen LogP contribution < -0.4 is 10.2 Å². The van der Waals surface area contributed by atoms with Crippen molar-refractivity contribution in [3.8, 4) is 0 Å². The summed E-state index contributed by atoms with van der Waals surface area (Å²) >= 11 is 0. The van der Waals surface area contributed by atoms with Crippen LogP contribution in [-0.4, -0.2) is 55.8 Å². The Morgan fingerprint density at radius 1 is 1.26 bits per heavy atom. The van der Waals surface area contributed by atoms with Crippen molar-refractivity contribution in [1.29, 1.82) is 0 Å². The zero-order chi connectivity index (χ0) is 24.3. The molecule has 34 heavy (non-hydrogen) atoms. The number of rotatable bonds is 7. The van der Waals surface area contributed by atoms with Gasteiger partial charge in [0, 0.05) is 44.4 Å². The van der Waals surface area contributed by atoms with Gasteiger partial charge >= 0.3 is 6.18 Å². The number of anilines is 1. The molecule has 0 bridgehead atoms. The van der Waals surface area contributed by atoms with Crippen molar-refractivity contribution < 1.29 is 23.1 Å². The lowest BCUT2D eigenvalue weighted by Gasteiger charge is -2.39. The number of para-hydroxylation sites is 2. The van der Waals surface area contributed by atoms with E-state index in [1.807, 2.05) is 17.9 Å². The van der Waals surface area contributed by atoms with Crippen molar-refractivity contribution in [3.63, 3.8) is 0 Å². The zero-order valence-corrected chi connectivity index (χ0v) is 18.8. The van der Waals surface area contributed by atoms with Gasteiger partial charge in [0.25, 0.3) is 0 Å². The molecule has 8 nitrogen and oxygen atoms in total. The molecule has 3 aromatic rings. The number of aliphatic hydroxyl groups is 1. The number of carbonyl (C=O) groups excluding carboxylic acids is 1. The standard InChI is InChI=1S/C23H27F3N6O2/c1-16-12-19(29-15-28-16)31-10-5-9-22(34,14-31)13-27-20(33)8-4-11-32-18-7-3-2-6-17(18)30-21(32)23(24,25)26/h2-3,6-7,12,15,34H,4-5,8-11,13-14H2,1H3,(H,27,33). The first-order valence-corrected chi connectivity index (χ1v) is 11.2. The number of carbonyl (C=O) groups is 1. The Hall–Kier alpha value is -3.21. The Labute approximate surface area is 194 Å². The number of aromatic nitrogens is 4. The summed E-state index contributed by atoms with van der Waals surface area (Å²) in [6.07, 6.45) is -1.59. The first kappa shape index (κ1) is 23.9. The normalized spacial score (nSPS) is 18.9. The topological polar surface area (TPSA) is 96.2 Å². The minimum absolute atomic E-state index is 0.00782. The van der Waals surface area contributed by atoms with Crippen molar-refractivity contribution in [2.45, 2.75) is 50.9 Å². The lowest BCUT2D eigenvalue weighted by Crippen LogP contribution is -2.54. The van der Waals surface area contributed by atoms with E-state index in [0.29, 0.717) is 18.5 Å². The van der Waals surface area contributed by atoms with Crippen LogP contribution in [-0.2, 0) is 17.5 Å². The van der Waals surface area contributed by atoms with Gasteiger partial charge in [-0.1, -0.05) is 12.1 Å². The molecule has 1 aliphatic heterocycles. The fourth-order valence-electron chi connectivity index (χ4n) is 4.33. The van der Waals surface area contributed by atoms with Crippen LogP contribution in [0.3, 0.4) is 0 Å². The molecule has 1 saturated heterocycles. The molecule has 0 radical (unpaired) electrons. The van der Waals surface area contributed by atoms with Crippen LogP contribution in [0.4, 0.5) is 19.0 Å². The van der Waals surface area contributed by atoms with E-state index in [-0.39, 0.29) is 37.4 Å². The van der Waals surface area contributed by atoms with Crippen LogP contribution in [0.15, 0.2) is 36.7 Å². The molecule has 1 amide bonds. The second kappa shape index (κ2) is 9.57. The highest BCUT2D eigenvalue weighted by Gasteiger charge is 2.37. The van der Waals surface area contributed by atoms with Crippen molar-refractivity contribution in [1.82, 2.24) is 24.8 Å². The van der Waals surface area contributed by atoms with Gasteiger partial charge in [0.2, 0.25) is 11.7 Å². The number of piperidine rings is 1. The van der Waals surface area contributed by atoms with E-state index >= 15 is 0 Å². The lowest BCUT2D eigenvalue weighted by molar-refractivity contribution is -0.146. The van der Waals surface area contributed by atoms with Gasteiger partial charge < -0.3 is 19.9 Å². The summed E-state index contributed by atoms with van der Waals surface area (Å²) in [6, 6.07) is 8.26. The number of amides is 1. The lowest BCUT2D eigenvalue weighted by atomic mass is 9.92. The van der Waals surface area contributed by atoms with Crippen LogP contribution in [0.1, 0.15) is 37.2 Å². The van der Waals surface area contributed by atoms with Gasteiger partial charge in [-0.2, -0.15) is 13.2 Å². The molecule has 0 saturated carbocycles. The van der Waals surface area contributed by atoms with E-state index in [1.165, 1.54) is 12.4 Å². The molecule has 182 valence electrons. The Morgan fingerprint density at radius 3 is 2.82 bits per heavy atom. The third-order valence-electron chi connectivity index (χ3n) is 5.98. The van der Waals surface area contributed by atoms with E-state index in [1.54, 1.807) is 18.2 Å². The van der Waals surface area contributed by atoms with Crippen LogP contribution in [0, 0.1) is 6.92 Å². The zero-order valence-electron chi connectivity index (χ0n) is 18.8. The summed E-state index contributed by atoms with van der Waals surface area (Å²) in [4.78, 5) is 26.4. The molecule has 2 aromatic heterocycles. The number of benzene rings is 1. The van der Waals surface area contributed by atoms with Crippen LogP contribution >= 0.6 is 0 Å². The monoisotopic (exact) mass is 476 g/mol. The maximum absolute atomic E-state index is 13.4. The van der Waals surface area contributed by atoms with Gasteiger partial charge in [-0.05, 0) is 38.3 Å².